The molecule has 0 spiro atoms. The molecule has 6 nitrogen and oxygen atoms in total. The van der Waals surface area contributed by atoms with Crippen molar-refractivity contribution in [2.75, 3.05) is 0 Å². The molecular formula is C22H13ClFNO5. The van der Waals surface area contributed by atoms with Crippen LogP contribution in [0.15, 0.2) is 72.8 Å². The third-order valence-corrected chi connectivity index (χ3v) is 4.39. The number of rotatable bonds is 6. The van der Waals surface area contributed by atoms with Crippen LogP contribution in [0.1, 0.15) is 26.3 Å². The van der Waals surface area contributed by atoms with E-state index < -0.39 is 22.5 Å². The van der Waals surface area contributed by atoms with E-state index in [-0.39, 0.29) is 22.6 Å². The van der Waals surface area contributed by atoms with Crippen LogP contribution in [0, 0.1) is 15.9 Å². The summed E-state index contributed by atoms with van der Waals surface area (Å²) < 4.78 is 18.9. The molecule has 0 amide bonds. The number of carbonyl (C=O) groups is 2. The molecule has 0 saturated heterocycles. The topological polar surface area (TPSA) is 86.5 Å². The molecule has 0 unspecified atom stereocenters. The zero-order valence-corrected chi connectivity index (χ0v) is 16.0. The molecule has 0 bridgehead atoms. The predicted molar refractivity (Wildman–Crippen MR) is 109 cm³/mol. The molecule has 0 heterocycles. The first kappa shape index (κ1) is 20.9. The molecule has 3 rings (SSSR count). The number of ether oxygens (including phenoxy) is 1. The summed E-state index contributed by atoms with van der Waals surface area (Å²) in [6, 6.07) is 14.8. The molecule has 30 heavy (non-hydrogen) atoms. The van der Waals surface area contributed by atoms with Crippen LogP contribution in [0.5, 0.6) is 5.75 Å². The van der Waals surface area contributed by atoms with Gasteiger partial charge in [-0.05, 0) is 54.1 Å². The summed E-state index contributed by atoms with van der Waals surface area (Å²) in [7, 11) is 0. The standard InChI is InChI=1S/C22H13ClFNO5/c23-19-4-2-1-3-14(19)7-11-20(26)18-13-16(24)8-12-21(18)30-22(27)15-5-9-17(10-6-15)25(28)29/h1-13H. The Balaban J connectivity index is 1.84. The minimum atomic E-state index is -0.847. The number of hydrogen-bond acceptors (Lipinski definition) is 5. The van der Waals surface area contributed by atoms with Crippen LogP contribution in [0.25, 0.3) is 6.08 Å². The van der Waals surface area contributed by atoms with Crippen LogP contribution >= 0.6 is 11.6 Å². The van der Waals surface area contributed by atoms with Gasteiger partial charge in [0.1, 0.15) is 11.6 Å². The Morgan fingerprint density at radius 1 is 1.03 bits per heavy atom. The molecule has 0 atom stereocenters. The summed E-state index contributed by atoms with van der Waals surface area (Å²) in [6.45, 7) is 0. The van der Waals surface area contributed by atoms with Crippen molar-refractivity contribution in [3.05, 3.63) is 110 Å². The second-order valence-corrected chi connectivity index (χ2v) is 6.46. The third-order valence-electron chi connectivity index (χ3n) is 4.04. The molecule has 0 saturated carbocycles. The average Bonchev–Trinajstić information content (AvgIpc) is 2.74. The second kappa shape index (κ2) is 9.11. The highest BCUT2D eigenvalue weighted by atomic mass is 35.5. The average molecular weight is 426 g/mol. The SMILES string of the molecule is O=C(Oc1ccc(F)cc1C(=O)C=Cc1ccccc1Cl)c1ccc([N+](=O)[O-])cc1. The monoisotopic (exact) mass is 425 g/mol. The number of non-ortho nitro benzene ring substituents is 1. The molecule has 0 aliphatic rings. The first-order valence-corrected chi connectivity index (χ1v) is 8.96. The van der Waals surface area contributed by atoms with Crippen molar-refractivity contribution >= 4 is 35.1 Å². The Morgan fingerprint density at radius 3 is 2.40 bits per heavy atom. The van der Waals surface area contributed by atoms with Gasteiger partial charge in [-0.15, -0.1) is 0 Å². The van der Waals surface area contributed by atoms with Crippen LogP contribution in [0.2, 0.25) is 5.02 Å². The quantitative estimate of drug-likeness (QED) is 0.130. The first-order chi connectivity index (χ1) is 14.3. The molecular weight excluding hydrogens is 413 g/mol. The molecule has 3 aromatic carbocycles. The number of esters is 1. The van der Waals surface area contributed by atoms with Crippen molar-refractivity contribution in [1.29, 1.82) is 0 Å². The van der Waals surface area contributed by atoms with Gasteiger partial charge in [0.15, 0.2) is 5.78 Å². The number of nitrogens with zero attached hydrogens (tertiary/aromatic N) is 1. The molecule has 0 radical (unpaired) electrons. The van der Waals surface area contributed by atoms with Gasteiger partial charge in [0, 0.05) is 17.2 Å². The van der Waals surface area contributed by atoms with E-state index >= 15 is 0 Å². The fourth-order valence-electron chi connectivity index (χ4n) is 2.53. The lowest BCUT2D eigenvalue weighted by atomic mass is 10.1. The summed E-state index contributed by atoms with van der Waals surface area (Å²) in [4.78, 5) is 35.0. The van der Waals surface area contributed by atoms with E-state index in [9.17, 15) is 24.1 Å². The summed E-state index contributed by atoms with van der Waals surface area (Å²) in [5.74, 6) is -2.27. The molecule has 150 valence electrons. The van der Waals surface area contributed by atoms with Crippen molar-refractivity contribution in [3.8, 4) is 5.75 Å². The number of nitro groups is 1. The Labute approximate surface area is 175 Å². The normalized spacial score (nSPS) is 10.7. The first-order valence-electron chi connectivity index (χ1n) is 8.58. The Morgan fingerprint density at radius 2 is 1.73 bits per heavy atom. The number of ketones is 1. The smallest absolute Gasteiger partial charge is 0.343 e. The largest absolute Gasteiger partial charge is 0.422 e. The van der Waals surface area contributed by atoms with Crippen molar-refractivity contribution in [2.24, 2.45) is 0 Å². The van der Waals surface area contributed by atoms with E-state index in [2.05, 4.69) is 0 Å². The van der Waals surface area contributed by atoms with Crippen LogP contribution in [-0.4, -0.2) is 16.7 Å². The maximum atomic E-state index is 13.7. The molecule has 8 heteroatoms. The van der Waals surface area contributed by atoms with Crippen molar-refractivity contribution in [1.82, 2.24) is 0 Å². The second-order valence-electron chi connectivity index (χ2n) is 6.05. The highest BCUT2D eigenvalue weighted by Crippen LogP contribution is 2.24. The Bertz CT molecular complexity index is 1160. The van der Waals surface area contributed by atoms with Gasteiger partial charge in [0.05, 0.1) is 16.1 Å². The van der Waals surface area contributed by atoms with E-state index in [1.165, 1.54) is 24.3 Å². The van der Waals surface area contributed by atoms with Crippen LogP contribution in [0.3, 0.4) is 0 Å². The van der Waals surface area contributed by atoms with Crippen LogP contribution < -0.4 is 4.74 Å². The van der Waals surface area contributed by atoms with Gasteiger partial charge in [-0.25, -0.2) is 9.18 Å². The minimum Gasteiger partial charge on any atom is -0.422 e. The van der Waals surface area contributed by atoms with Crippen LogP contribution in [-0.2, 0) is 0 Å². The van der Waals surface area contributed by atoms with E-state index in [1.54, 1.807) is 24.3 Å². The van der Waals surface area contributed by atoms with Crippen molar-refractivity contribution < 1.29 is 23.6 Å². The van der Waals surface area contributed by atoms with E-state index in [0.29, 0.717) is 10.6 Å². The van der Waals surface area contributed by atoms with Crippen LogP contribution in [0.4, 0.5) is 10.1 Å². The summed E-state index contributed by atoms with van der Waals surface area (Å²) >= 11 is 6.04. The Hall–Kier alpha value is -3.84. The van der Waals surface area contributed by atoms with Crippen molar-refractivity contribution in [2.45, 2.75) is 0 Å². The lowest BCUT2D eigenvalue weighted by Gasteiger charge is -2.08. The number of carbonyl (C=O) groups excluding carboxylic acids is 2. The van der Waals surface area contributed by atoms with E-state index in [4.69, 9.17) is 16.3 Å². The number of halogens is 2. The predicted octanol–water partition coefficient (Wildman–Crippen LogP) is 5.50. The lowest BCUT2D eigenvalue weighted by Crippen LogP contribution is -2.11. The summed E-state index contributed by atoms with van der Waals surface area (Å²) in [5.41, 5.74) is 0.283. The van der Waals surface area contributed by atoms with Gasteiger partial charge in [0.2, 0.25) is 0 Å². The minimum absolute atomic E-state index is 0.0370. The molecule has 0 fully saturated rings. The maximum Gasteiger partial charge on any atom is 0.343 e. The van der Waals surface area contributed by atoms with E-state index in [0.717, 1.165) is 30.3 Å². The zero-order chi connectivity index (χ0) is 21.7. The van der Waals surface area contributed by atoms with Gasteiger partial charge in [-0.3, -0.25) is 14.9 Å². The highest BCUT2D eigenvalue weighted by Gasteiger charge is 2.17. The van der Waals surface area contributed by atoms with E-state index in [1.807, 2.05) is 0 Å². The molecule has 0 aliphatic carbocycles. The number of benzene rings is 3. The van der Waals surface area contributed by atoms with Crippen molar-refractivity contribution in [3.63, 3.8) is 0 Å². The van der Waals surface area contributed by atoms with Gasteiger partial charge >= 0.3 is 5.97 Å². The number of hydrogen-bond donors (Lipinski definition) is 0. The lowest BCUT2D eigenvalue weighted by molar-refractivity contribution is -0.384. The summed E-state index contributed by atoms with van der Waals surface area (Å²) in [6.07, 6.45) is 2.66. The zero-order valence-electron chi connectivity index (χ0n) is 15.2. The van der Waals surface area contributed by atoms with Gasteiger partial charge < -0.3 is 4.74 Å². The van der Waals surface area contributed by atoms with Gasteiger partial charge in [-0.2, -0.15) is 0 Å². The third kappa shape index (κ3) is 4.95. The maximum absolute atomic E-state index is 13.7. The fraction of sp³-hybridized carbons (Fsp3) is 0. The molecule has 0 aromatic heterocycles. The fourth-order valence-corrected chi connectivity index (χ4v) is 2.73. The molecule has 3 aromatic rings. The van der Waals surface area contributed by atoms with Gasteiger partial charge in [0.25, 0.3) is 5.69 Å². The highest BCUT2D eigenvalue weighted by molar-refractivity contribution is 6.32. The molecule has 0 N–H and O–H groups in total. The number of nitro benzene ring substituents is 1. The number of allylic oxidation sites excluding steroid dienone is 1. The molecule has 0 aliphatic heterocycles. The Kier molecular flexibility index (Phi) is 6.34. The van der Waals surface area contributed by atoms with Gasteiger partial charge in [-0.1, -0.05) is 29.8 Å². The summed E-state index contributed by atoms with van der Waals surface area (Å²) in [5, 5.41) is 11.1.